The van der Waals surface area contributed by atoms with E-state index in [0.717, 1.165) is 0 Å². The molecule has 14 heavy (non-hydrogen) atoms. The molecular formula is C9H15N3O2. The molecule has 1 heterocycles. The van der Waals surface area contributed by atoms with E-state index in [1.165, 1.54) is 4.90 Å². The fraction of sp³-hybridized carbons (Fsp3) is 0.556. The van der Waals surface area contributed by atoms with Crippen LogP contribution in [0.4, 0.5) is 4.79 Å². The Balaban J connectivity index is 2.90. The van der Waals surface area contributed by atoms with Gasteiger partial charge >= 0.3 is 6.03 Å². The Morgan fingerprint density at radius 1 is 1.36 bits per heavy atom. The van der Waals surface area contributed by atoms with Gasteiger partial charge < -0.3 is 10.2 Å². The van der Waals surface area contributed by atoms with Gasteiger partial charge in [-0.3, -0.25) is 9.69 Å². The van der Waals surface area contributed by atoms with E-state index in [9.17, 15) is 9.59 Å². The number of carbonyl (C=O) groups excluding carboxylic acids is 2. The summed E-state index contributed by atoms with van der Waals surface area (Å²) in [5.74, 6) is -0.265. The number of hydrogen-bond donors (Lipinski definition) is 1. The van der Waals surface area contributed by atoms with Crippen molar-refractivity contribution in [3.63, 3.8) is 0 Å². The van der Waals surface area contributed by atoms with E-state index in [4.69, 9.17) is 0 Å². The molecule has 1 N–H and O–H groups in total. The molecule has 0 aromatic carbocycles. The van der Waals surface area contributed by atoms with Gasteiger partial charge in [-0.2, -0.15) is 0 Å². The summed E-state index contributed by atoms with van der Waals surface area (Å²) in [5.41, 5.74) is 0.328. The van der Waals surface area contributed by atoms with E-state index >= 15 is 0 Å². The predicted molar refractivity (Wildman–Crippen MR) is 52.3 cm³/mol. The highest BCUT2D eigenvalue weighted by Crippen LogP contribution is 2.12. The Morgan fingerprint density at radius 2 is 1.93 bits per heavy atom. The maximum absolute atomic E-state index is 11.6. The standard InChI is InChI=1S/C9H15N3O2/c1-6(2)12-8(13)7(5-11(3)4)10-9(12)14/h5-6H,1-4H3,(H,10,14)/b7-5-. The Kier molecular flexibility index (Phi) is 2.78. The summed E-state index contributed by atoms with van der Waals surface area (Å²) in [6, 6.07) is -0.464. The van der Waals surface area contributed by atoms with Crippen molar-refractivity contribution in [3.05, 3.63) is 11.9 Å². The molecule has 0 spiro atoms. The molecule has 3 amide bonds. The predicted octanol–water partition coefficient (Wildman–Crippen LogP) is 0.350. The second-order valence-electron chi connectivity index (χ2n) is 3.71. The molecule has 78 valence electrons. The molecular weight excluding hydrogens is 182 g/mol. The zero-order valence-electron chi connectivity index (χ0n) is 8.87. The zero-order valence-corrected chi connectivity index (χ0v) is 8.87. The molecule has 5 heteroatoms. The van der Waals surface area contributed by atoms with E-state index in [-0.39, 0.29) is 18.0 Å². The first-order chi connectivity index (χ1) is 6.43. The summed E-state index contributed by atoms with van der Waals surface area (Å²) >= 11 is 0. The van der Waals surface area contributed by atoms with Gasteiger partial charge in [-0.15, -0.1) is 0 Å². The van der Waals surface area contributed by atoms with Crippen molar-refractivity contribution in [2.45, 2.75) is 19.9 Å². The van der Waals surface area contributed by atoms with Gasteiger partial charge in [0.2, 0.25) is 0 Å². The molecule has 1 aliphatic rings. The molecule has 1 saturated heterocycles. The lowest BCUT2D eigenvalue weighted by molar-refractivity contribution is -0.124. The minimum atomic E-state index is -0.349. The first-order valence-corrected chi connectivity index (χ1v) is 4.46. The van der Waals surface area contributed by atoms with E-state index in [1.807, 2.05) is 0 Å². The van der Waals surface area contributed by atoms with Crippen molar-refractivity contribution in [2.24, 2.45) is 0 Å². The molecule has 1 aliphatic heterocycles. The van der Waals surface area contributed by atoms with Crippen molar-refractivity contribution in [1.29, 1.82) is 0 Å². The van der Waals surface area contributed by atoms with Crippen molar-refractivity contribution in [1.82, 2.24) is 15.1 Å². The molecule has 0 aliphatic carbocycles. The zero-order chi connectivity index (χ0) is 10.9. The molecule has 0 unspecified atom stereocenters. The number of urea groups is 1. The highest BCUT2D eigenvalue weighted by atomic mass is 16.2. The normalized spacial score (nSPS) is 19.5. The maximum atomic E-state index is 11.6. The first-order valence-electron chi connectivity index (χ1n) is 4.46. The maximum Gasteiger partial charge on any atom is 0.329 e. The minimum Gasteiger partial charge on any atom is -0.382 e. The van der Waals surface area contributed by atoms with Crippen LogP contribution in [-0.2, 0) is 4.79 Å². The molecule has 0 aromatic rings. The van der Waals surface area contributed by atoms with Crippen LogP contribution in [-0.4, -0.2) is 41.9 Å². The van der Waals surface area contributed by atoms with Crippen LogP contribution in [0.25, 0.3) is 0 Å². The van der Waals surface area contributed by atoms with Crippen LogP contribution in [0.1, 0.15) is 13.8 Å². The van der Waals surface area contributed by atoms with Gasteiger partial charge in [0, 0.05) is 26.3 Å². The smallest absolute Gasteiger partial charge is 0.329 e. The second-order valence-corrected chi connectivity index (χ2v) is 3.71. The highest BCUT2D eigenvalue weighted by molar-refractivity contribution is 6.11. The van der Waals surface area contributed by atoms with Gasteiger partial charge in [0.1, 0.15) is 5.70 Å². The third kappa shape index (κ3) is 1.86. The quantitative estimate of drug-likeness (QED) is 0.513. The van der Waals surface area contributed by atoms with Crippen LogP contribution < -0.4 is 5.32 Å². The fourth-order valence-corrected chi connectivity index (χ4v) is 1.27. The van der Waals surface area contributed by atoms with Crippen LogP contribution in [0.3, 0.4) is 0 Å². The topological polar surface area (TPSA) is 52.7 Å². The molecule has 0 radical (unpaired) electrons. The van der Waals surface area contributed by atoms with Crippen molar-refractivity contribution >= 4 is 11.9 Å². The number of amides is 3. The van der Waals surface area contributed by atoms with E-state index in [1.54, 1.807) is 39.0 Å². The molecule has 1 rings (SSSR count). The lowest BCUT2D eigenvalue weighted by Crippen LogP contribution is -2.36. The van der Waals surface area contributed by atoms with Crippen molar-refractivity contribution in [3.8, 4) is 0 Å². The largest absolute Gasteiger partial charge is 0.382 e. The molecule has 0 saturated carbocycles. The SMILES string of the molecule is CC(C)N1C(=O)N/C(=C\N(C)C)C1=O. The van der Waals surface area contributed by atoms with E-state index < -0.39 is 0 Å². The lowest BCUT2D eigenvalue weighted by atomic mass is 10.3. The number of imide groups is 1. The van der Waals surface area contributed by atoms with Gasteiger partial charge in [-0.05, 0) is 13.8 Å². The summed E-state index contributed by atoms with van der Waals surface area (Å²) in [6.07, 6.45) is 1.60. The molecule has 5 nitrogen and oxygen atoms in total. The van der Waals surface area contributed by atoms with E-state index in [2.05, 4.69) is 5.32 Å². The Bertz CT molecular complexity index is 294. The third-order valence-corrected chi connectivity index (χ3v) is 1.81. The molecule has 1 fully saturated rings. The summed E-state index contributed by atoms with van der Waals surface area (Å²) < 4.78 is 0. The van der Waals surface area contributed by atoms with E-state index in [0.29, 0.717) is 5.70 Å². The minimum absolute atomic E-state index is 0.115. The van der Waals surface area contributed by atoms with Gasteiger partial charge in [0.05, 0.1) is 0 Å². The molecule has 0 bridgehead atoms. The molecule has 0 atom stereocenters. The average Bonchev–Trinajstić information content (AvgIpc) is 2.25. The highest BCUT2D eigenvalue weighted by Gasteiger charge is 2.35. The summed E-state index contributed by atoms with van der Waals surface area (Å²) in [5, 5.41) is 2.52. The van der Waals surface area contributed by atoms with Crippen LogP contribution in [0.2, 0.25) is 0 Å². The fourth-order valence-electron chi connectivity index (χ4n) is 1.27. The Morgan fingerprint density at radius 3 is 2.29 bits per heavy atom. The number of rotatable bonds is 2. The number of nitrogens with zero attached hydrogens (tertiary/aromatic N) is 2. The Hall–Kier alpha value is -1.52. The van der Waals surface area contributed by atoms with Crippen LogP contribution in [0.15, 0.2) is 11.9 Å². The average molecular weight is 197 g/mol. The van der Waals surface area contributed by atoms with Crippen LogP contribution in [0, 0.1) is 0 Å². The van der Waals surface area contributed by atoms with Crippen molar-refractivity contribution in [2.75, 3.05) is 14.1 Å². The Labute approximate surface area is 83.4 Å². The third-order valence-electron chi connectivity index (χ3n) is 1.81. The number of carbonyl (C=O) groups is 2. The van der Waals surface area contributed by atoms with Crippen molar-refractivity contribution < 1.29 is 9.59 Å². The van der Waals surface area contributed by atoms with Gasteiger partial charge in [-0.25, -0.2) is 4.79 Å². The number of hydrogen-bond acceptors (Lipinski definition) is 3. The second kappa shape index (κ2) is 3.69. The summed E-state index contributed by atoms with van der Waals surface area (Å²) in [4.78, 5) is 25.9. The molecule has 0 aromatic heterocycles. The number of nitrogens with one attached hydrogen (secondary N) is 1. The van der Waals surface area contributed by atoms with Gasteiger partial charge in [-0.1, -0.05) is 0 Å². The monoisotopic (exact) mass is 197 g/mol. The summed E-state index contributed by atoms with van der Waals surface area (Å²) in [6.45, 7) is 3.60. The van der Waals surface area contributed by atoms with Crippen LogP contribution >= 0.6 is 0 Å². The van der Waals surface area contributed by atoms with Gasteiger partial charge in [0.15, 0.2) is 0 Å². The van der Waals surface area contributed by atoms with Gasteiger partial charge in [0.25, 0.3) is 5.91 Å². The first kappa shape index (κ1) is 10.6. The lowest BCUT2D eigenvalue weighted by Gasteiger charge is -2.15. The van der Waals surface area contributed by atoms with Crippen LogP contribution in [0.5, 0.6) is 0 Å². The summed E-state index contributed by atoms with van der Waals surface area (Å²) in [7, 11) is 3.59.